The summed E-state index contributed by atoms with van der Waals surface area (Å²) >= 11 is 5.61. The van der Waals surface area contributed by atoms with Gasteiger partial charge in [0.1, 0.15) is 11.0 Å². The summed E-state index contributed by atoms with van der Waals surface area (Å²) in [4.78, 5) is 8.03. The Morgan fingerprint density at radius 3 is 2.77 bits per heavy atom. The van der Waals surface area contributed by atoms with E-state index in [0.29, 0.717) is 11.2 Å². The second-order valence-electron chi connectivity index (χ2n) is 3.06. The van der Waals surface area contributed by atoms with Crippen molar-refractivity contribution in [2.24, 2.45) is 0 Å². The predicted molar refractivity (Wildman–Crippen MR) is 55.0 cm³/mol. The number of nitrogens with one attached hydrogen (secondary N) is 1. The third-order valence-corrected chi connectivity index (χ3v) is 1.93. The van der Waals surface area contributed by atoms with E-state index in [1.165, 1.54) is 0 Å². The van der Waals surface area contributed by atoms with Crippen molar-refractivity contribution in [1.82, 2.24) is 9.97 Å². The van der Waals surface area contributed by atoms with Gasteiger partial charge in [0.2, 0.25) is 0 Å². The Morgan fingerprint density at radius 2 is 2.23 bits per heavy atom. The van der Waals surface area contributed by atoms with Crippen LogP contribution in [0, 0.1) is 0 Å². The van der Waals surface area contributed by atoms with E-state index in [2.05, 4.69) is 29.1 Å². The fourth-order valence-electron chi connectivity index (χ4n) is 1.14. The van der Waals surface area contributed by atoms with Crippen molar-refractivity contribution in [3.05, 3.63) is 17.5 Å². The van der Waals surface area contributed by atoms with Gasteiger partial charge in [0, 0.05) is 6.04 Å². The van der Waals surface area contributed by atoms with Crippen LogP contribution in [0.1, 0.15) is 26.7 Å². The first-order valence-electron chi connectivity index (χ1n) is 4.46. The van der Waals surface area contributed by atoms with Crippen LogP contribution in [-0.2, 0) is 0 Å². The van der Waals surface area contributed by atoms with Crippen molar-refractivity contribution in [2.75, 3.05) is 5.32 Å². The molecule has 0 saturated heterocycles. The fourth-order valence-corrected chi connectivity index (χ4v) is 1.24. The third-order valence-electron chi connectivity index (χ3n) is 1.74. The Morgan fingerprint density at radius 1 is 1.46 bits per heavy atom. The molecular weight excluding hydrogens is 186 g/mol. The Kier molecular flexibility index (Phi) is 3.96. The molecule has 0 aliphatic carbocycles. The Balaban J connectivity index is 2.49. The van der Waals surface area contributed by atoms with Crippen molar-refractivity contribution in [2.45, 2.75) is 32.7 Å². The van der Waals surface area contributed by atoms with Gasteiger partial charge in [-0.3, -0.25) is 0 Å². The molecule has 72 valence electrons. The Bertz CT molecular complexity index is 248. The first-order valence-corrected chi connectivity index (χ1v) is 4.84. The van der Waals surface area contributed by atoms with E-state index >= 15 is 0 Å². The summed E-state index contributed by atoms with van der Waals surface area (Å²) in [6.07, 6.45) is 5.48. The van der Waals surface area contributed by atoms with Crippen LogP contribution in [-0.4, -0.2) is 16.0 Å². The molecule has 0 radical (unpaired) electrons. The van der Waals surface area contributed by atoms with E-state index in [0.717, 1.165) is 18.7 Å². The molecule has 1 heterocycles. The van der Waals surface area contributed by atoms with Crippen LogP contribution in [0.5, 0.6) is 0 Å². The molecule has 1 unspecified atom stereocenters. The number of hydrogen-bond donors (Lipinski definition) is 1. The molecule has 1 aromatic heterocycles. The monoisotopic (exact) mass is 199 g/mol. The molecule has 0 bridgehead atoms. The molecule has 0 aliphatic rings. The largest absolute Gasteiger partial charge is 0.366 e. The Hall–Kier alpha value is -0.830. The van der Waals surface area contributed by atoms with Crippen LogP contribution in [0.2, 0.25) is 5.15 Å². The smallest absolute Gasteiger partial charge is 0.147 e. The summed E-state index contributed by atoms with van der Waals surface area (Å²) in [7, 11) is 0. The van der Waals surface area contributed by atoms with Crippen LogP contribution in [0.3, 0.4) is 0 Å². The summed E-state index contributed by atoms with van der Waals surface area (Å²) in [6, 6.07) is 0.431. The lowest BCUT2D eigenvalue weighted by molar-refractivity contribution is 0.687. The normalized spacial score (nSPS) is 12.5. The van der Waals surface area contributed by atoms with Crippen molar-refractivity contribution in [1.29, 1.82) is 0 Å². The van der Waals surface area contributed by atoms with E-state index in [4.69, 9.17) is 11.6 Å². The molecule has 1 aromatic rings. The maximum Gasteiger partial charge on any atom is 0.147 e. The number of aromatic nitrogens is 2. The standard InChI is InChI=1S/C9H14ClN3/c1-3-4-7(2)13-9-6-11-8(10)5-12-9/h5-7H,3-4H2,1-2H3,(H,12,13). The Labute approximate surface area is 83.5 Å². The molecule has 3 nitrogen and oxygen atoms in total. The third kappa shape index (κ3) is 3.59. The second-order valence-corrected chi connectivity index (χ2v) is 3.45. The maximum absolute atomic E-state index is 5.61. The lowest BCUT2D eigenvalue weighted by Gasteiger charge is -2.12. The van der Waals surface area contributed by atoms with Gasteiger partial charge in [0.15, 0.2) is 0 Å². The zero-order valence-corrected chi connectivity index (χ0v) is 8.67. The number of anilines is 1. The maximum atomic E-state index is 5.61. The summed E-state index contributed by atoms with van der Waals surface area (Å²) in [5.74, 6) is 0.783. The number of nitrogens with zero attached hydrogens (tertiary/aromatic N) is 2. The first-order chi connectivity index (χ1) is 6.22. The lowest BCUT2D eigenvalue weighted by atomic mass is 10.2. The molecule has 0 fully saturated rings. The minimum atomic E-state index is 0.425. The number of halogens is 1. The molecule has 4 heteroatoms. The van der Waals surface area contributed by atoms with E-state index < -0.39 is 0 Å². The van der Waals surface area contributed by atoms with Gasteiger partial charge in [-0.15, -0.1) is 0 Å². The minimum absolute atomic E-state index is 0.425. The van der Waals surface area contributed by atoms with E-state index in [-0.39, 0.29) is 0 Å². The van der Waals surface area contributed by atoms with Crippen molar-refractivity contribution in [3.63, 3.8) is 0 Å². The molecular formula is C9H14ClN3. The second kappa shape index (κ2) is 5.02. The highest BCUT2D eigenvalue weighted by Crippen LogP contribution is 2.08. The van der Waals surface area contributed by atoms with Crippen LogP contribution >= 0.6 is 11.6 Å². The zero-order chi connectivity index (χ0) is 9.68. The SMILES string of the molecule is CCCC(C)Nc1cnc(Cl)cn1. The fraction of sp³-hybridized carbons (Fsp3) is 0.556. The lowest BCUT2D eigenvalue weighted by Crippen LogP contribution is -2.15. The summed E-state index contributed by atoms with van der Waals surface area (Å²) in [5.41, 5.74) is 0. The van der Waals surface area contributed by atoms with Crippen LogP contribution < -0.4 is 5.32 Å². The van der Waals surface area contributed by atoms with Crippen molar-refractivity contribution in [3.8, 4) is 0 Å². The van der Waals surface area contributed by atoms with Gasteiger partial charge in [0.05, 0.1) is 12.4 Å². The van der Waals surface area contributed by atoms with Crippen molar-refractivity contribution < 1.29 is 0 Å². The molecule has 0 aliphatic heterocycles. The van der Waals surface area contributed by atoms with Gasteiger partial charge in [-0.1, -0.05) is 24.9 Å². The average molecular weight is 200 g/mol. The molecule has 13 heavy (non-hydrogen) atoms. The predicted octanol–water partition coefficient (Wildman–Crippen LogP) is 2.73. The highest BCUT2D eigenvalue weighted by Gasteiger charge is 2.01. The molecule has 1 rings (SSSR count). The van der Waals surface area contributed by atoms with Gasteiger partial charge >= 0.3 is 0 Å². The number of rotatable bonds is 4. The van der Waals surface area contributed by atoms with Gasteiger partial charge in [-0.25, -0.2) is 9.97 Å². The quantitative estimate of drug-likeness (QED) is 0.811. The minimum Gasteiger partial charge on any atom is -0.366 e. The summed E-state index contributed by atoms with van der Waals surface area (Å²) in [5, 5.41) is 3.66. The molecule has 0 spiro atoms. The molecule has 1 atom stereocenters. The molecule has 1 N–H and O–H groups in total. The van der Waals surface area contributed by atoms with Crippen LogP contribution in [0.25, 0.3) is 0 Å². The van der Waals surface area contributed by atoms with E-state index in [1.54, 1.807) is 12.4 Å². The number of hydrogen-bond acceptors (Lipinski definition) is 3. The van der Waals surface area contributed by atoms with Crippen LogP contribution in [0.15, 0.2) is 12.4 Å². The van der Waals surface area contributed by atoms with Gasteiger partial charge < -0.3 is 5.32 Å². The highest BCUT2D eigenvalue weighted by atomic mass is 35.5. The van der Waals surface area contributed by atoms with Crippen LogP contribution in [0.4, 0.5) is 5.82 Å². The summed E-state index contributed by atoms with van der Waals surface area (Å²) < 4.78 is 0. The topological polar surface area (TPSA) is 37.8 Å². The van der Waals surface area contributed by atoms with Gasteiger partial charge in [-0.05, 0) is 13.3 Å². The molecule has 0 saturated carbocycles. The molecule has 0 aromatic carbocycles. The zero-order valence-electron chi connectivity index (χ0n) is 7.92. The van der Waals surface area contributed by atoms with E-state index in [9.17, 15) is 0 Å². The first kappa shape index (κ1) is 10.3. The molecule has 0 amide bonds. The summed E-state index contributed by atoms with van der Waals surface area (Å²) in [6.45, 7) is 4.28. The van der Waals surface area contributed by atoms with E-state index in [1.807, 2.05) is 0 Å². The van der Waals surface area contributed by atoms with Crippen molar-refractivity contribution >= 4 is 17.4 Å². The van der Waals surface area contributed by atoms with Gasteiger partial charge in [0.25, 0.3) is 0 Å². The van der Waals surface area contributed by atoms with Gasteiger partial charge in [-0.2, -0.15) is 0 Å². The average Bonchev–Trinajstić information content (AvgIpc) is 2.09. The highest BCUT2D eigenvalue weighted by molar-refractivity contribution is 6.29.